The summed E-state index contributed by atoms with van der Waals surface area (Å²) < 4.78 is 56.3. The maximum atomic E-state index is 14.6. The normalized spacial score (nSPS) is 16.0. The molecule has 1 atom stereocenters. The highest BCUT2D eigenvalue weighted by Crippen LogP contribution is 2.44. The zero-order valence-electron chi connectivity index (χ0n) is 28.0. The van der Waals surface area contributed by atoms with Gasteiger partial charge in [0, 0.05) is 57.8 Å². The van der Waals surface area contributed by atoms with Crippen LogP contribution in [0.5, 0.6) is 5.75 Å². The number of aromatic nitrogens is 3. The third-order valence-electron chi connectivity index (χ3n) is 8.61. The van der Waals surface area contributed by atoms with Gasteiger partial charge in [-0.15, -0.1) is 0 Å². The number of fused-ring (bicyclic) bond motifs is 3. The molecule has 2 N–H and O–H groups in total. The first-order chi connectivity index (χ1) is 23.9. The van der Waals surface area contributed by atoms with Crippen molar-refractivity contribution < 1.29 is 37.0 Å². The van der Waals surface area contributed by atoms with Gasteiger partial charge < -0.3 is 25.0 Å². The summed E-state index contributed by atoms with van der Waals surface area (Å²) in [7, 11) is 1.50. The van der Waals surface area contributed by atoms with Crippen LogP contribution in [0.1, 0.15) is 52.7 Å². The topological polar surface area (TPSA) is 133 Å². The summed E-state index contributed by atoms with van der Waals surface area (Å²) >= 11 is 12.8. The van der Waals surface area contributed by atoms with Gasteiger partial charge in [-0.2, -0.15) is 18.3 Å². The number of carbonyl (C=O) groups excluding carboxylic acids is 3. The number of piperazine rings is 1. The van der Waals surface area contributed by atoms with Gasteiger partial charge in [0.1, 0.15) is 17.4 Å². The van der Waals surface area contributed by atoms with Crippen LogP contribution < -0.4 is 10.5 Å². The molecule has 1 saturated heterocycles. The third kappa shape index (κ3) is 7.20. The lowest BCUT2D eigenvalue weighted by Crippen LogP contribution is -2.62. The second-order valence-corrected chi connectivity index (χ2v) is 14.1. The summed E-state index contributed by atoms with van der Waals surface area (Å²) in [5.41, 5.74) is 8.29. The lowest BCUT2D eigenvalue weighted by Gasteiger charge is -2.42. The van der Waals surface area contributed by atoms with Crippen molar-refractivity contribution in [2.75, 3.05) is 26.7 Å². The average Bonchev–Trinajstić information content (AvgIpc) is 3.46. The first kappa shape index (κ1) is 36.0. The van der Waals surface area contributed by atoms with E-state index >= 15 is 0 Å². The molecule has 0 unspecified atom stereocenters. The van der Waals surface area contributed by atoms with Gasteiger partial charge in [-0.1, -0.05) is 23.2 Å². The molecule has 51 heavy (non-hydrogen) atoms. The van der Waals surface area contributed by atoms with Gasteiger partial charge in [0.15, 0.2) is 5.69 Å². The van der Waals surface area contributed by atoms with Gasteiger partial charge in [-0.25, -0.2) is 9.48 Å². The molecular weight excluding hydrogens is 712 g/mol. The van der Waals surface area contributed by atoms with Crippen LogP contribution in [0.2, 0.25) is 10.0 Å². The second-order valence-electron chi connectivity index (χ2n) is 13.2. The fourth-order valence-corrected chi connectivity index (χ4v) is 6.86. The minimum absolute atomic E-state index is 0.172. The van der Waals surface area contributed by atoms with Crippen molar-refractivity contribution in [3.8, 4) is 33.8 Å². The molecule has 1 aliphatic heterocycles. The molecule has 2 aliphatic rings. The highest BCUT2D eigenvalue weighted by molar-refractivity contribution is 6.34. The molecule has 3 amide bonds. The van der Waals surface area contributed by atoms with E-state index in [2.05, 4.69) is 10.1 Å². The molecule has 268 valence electrons. The summed E-state index contributed by atoms with van der Waals surface area (Å²) in [6.07, 6.45) is -2.24. The van der Waals surface area contributed by atoms with Crippen LogP contribution in [0.25, 0.3) is 28.1 Å². The fraction of sp³-hybridized carbons (Fsp3) is 0.343. The molecule has 3 heterocycles. The summed E-state index contributed by atoms with van der Waals surface area (Å²) in [5.74, 6) is -1.14. The molecule has 11 nitrogen and oxygen atoms in total. The molecule has 0 radical (unpaired) electrons. The van der Waals surface area contributed by atoms with Gasteiger partial charge in [0.25, 0.3) is 5.91 Å². The van der Waals surface area contributed by atoms with Gasteiger partial charge in [-0.3, -0.25) is 14.6 Å². The zero-order valence-corrected chi connectivity index (χ0v) is 29.5. The van der Waals surface area contributed by atoms with Crippen LogP contribution in [-0.2, 0) is 17.6 Å². The number of primary amides is 1. The Morgan fingerprint density at radius 1 is 0.941 bits per heavy atom. The Kier molecular flexibility index (Phi) is 9.44. The minimum Gasteiger partial charge on any atom is -0.496 e. The summed E-state index contributed by atoms with van der Waals surface area (Å²) in [6, 6.07) is 7.54. The number of carbonyl (C=O) groups is 3. The number of amides is 3. The number of hydrogen-bond acceptors (Lipinski definition) is 7. The van der Waals surface area contributed by atoms with Gasteiger partial charge in [0.05, 0.1) is 30.6 Å². The fourth-order valence-electron chi connectivity index (χ4n) is 6.34. The van der Waals surface area contributed by atoms with E-state index in [0.717, 1.165) is 15.4 Å². The van der Waals surface area contributed by atoms with Crippen LogP contribution >= 0.6 is 23.2 Å². The Morgan fingerprint density at radius 2 is 1.65 bits per heavy atom. The second kappa shape index (κ2) is 13.4. The number of methoxy groups -OCH3 is 1. The van der Waals surface area contributed by atoms with Crippen LogP contribution in [-0.4, -0.2) is 87.0 Å². The van der Waals surface area contributed by atoms with Crippen molar-refractivity contribution in [3.05, 3.63) is 81.2 Å². The van der Waals surface area contributed by atoms with Gasteiger partial charge >= 0.3 is 12.3 Å². The first-order valence-electron chi connectivity index (χ1n) is 15.9. The predicted molar refractivity (Wildman–Crippen MR) is 183 cm³/mol. The van der Waals surface area contributed by atoms with Crippen molar-refractivity contribution in [1.82, 2.24) is 24.6 Å². The molecule has 4 aromatic rings. The summed E-state index contributed by atoms with van der Waals surface area (Å²) in [5, 5.41) is 5.19. The molecule has 6 rings (SSSR count). The molecule has 2 aromatic carbocycles. The van der Waals surface area contributed by atoms with E-state index in [4.69, 9.17) is 38.4 Å². The highest BCUT2D eigenvalue weighted by Gasteiger charge is 2.50. The van der Waals surface area contributed by atoms with Crippen molar-refractivity contribution in [2.24, 2.45) is 5.73 Å². The van der Waals surface area contributed by atoms with Gasteiger partial charge in [-0.05, 0) is 75.6 Å². The summed E-state index contributed by atoms with van der Waals surface area (Å²) in [4.78, 5) is 44.9. The number of rotatable bonds is 5. The standard InChI is InChI=1S/C35H33Cl2F3N6O5/c1-34(2,3)51-33(49)44-7-8-45(28(17-44)35(38,39)40)32(48)29-24-6-5-18-10-27(50-4)25(19-9-20(31(41)47)16-42-15-19)14-26(18)30(24)46(43-29)23-12-21(36)11-22(37)13-23/h9-16,28H,5-8,17H2,1-4H3,(H2,41,47)/t28-/m0/s1. The quantitative estimate of drug-likeness (QED) is 0.239. The Labute approximate surface area is 301 Å². The molecule has 0 saturated carbocycles. The van der Waals surface area contributed by atoms with Crippen molar-refractivity contribution in [1.29, 1.82) is 0 Å². The maximum absolute atomic E-state index is 14.6. The number of ether oxygens (including phenoxy) is 2. The average molecular weight is 746 g/mol. The highest BCUT2D eigenvalue weighted by atomic mass is 35.5. The van der Waals surface area contributed by atoms with E-state index < -0.39 is 48.8 Å². The van der Waals surface area contributed by atoms with Crippen LogP contribution in [0.15, 0.2) is 48.8 Å². The lowest BCUT2D eigenvalue weighted by molar-refractivity contribution is -0.187. The molecule has 2 aromatic heterocycles. The Morgan fingerprint density at radius 3 is 2.27 bits per heavy atom. The van der Waals surface area contributed by atoms with Crippen molar-refractivity contribution in [2.45, 2.75) is 51.4 Å². The number of benzene rings is 2. The Bertz CT molecular complexity index is 2040. The number of nitrogens with zero attached hydrogens (tertiary/aromatic N) is 5. The van der Waals surface area contributed by atoms with Crippen LogP contribution in [0.3, 0.4) is 0 Å². The Hall–Kier alpha value is -4.82. The van der Waals surface area contributed by atoms with E-state index in [0.29, 0.717) is 45.8 Å². The van der Waals surface area contributed by atoms with Crippen molar-refractivity contribution >= 4 is 41.1 Å². The maximum Gasteiger partial charge on any atom is 0.410 e. The smallest absolute Gasteiger partial charge is 0.410 e. The number of hydrogen-bond donors (Lipinski definition) is 1. The number of nitrogens with two attached hydrogens (primary N) is 1. The minimum atomic E-state index is -4.87. The molecule has 1 fully saturated rings. The van der Waals surface area contributed by atoms with Gasteiger partial charge in [0.2, 0.25) is 5.91 Å². The number of alkyl halides is 3. The summed E-state index contributed by atoms with van der Waals surface area (Å²) in [6.45, 7) is 3.46. The monoisotopic (exact) mass is 744 g/mol. The molecule has 16 heteroatoms. The van der Waals surface area contributed by atoms with E-state index in [1.165, 1.54) is 30.3 Å². The number of halogens is 5. The van der Waals surface area contributed by atoms with Crippen LogP contribution in [0.4, 0.5) is 18.0 Å². The number of aryl methyl sites for hydroxylation is 1. The zero-order chi connectivity index (χ0) is 37.0. The largest absolute Gasteiger partial charge is 0.496 e. The number of pyridine rings is 1. The molecule has 0 bridgehead atoms. The molecular formula is C35H33Cl2F3N6O5. The van der Waals surface area contributed by atoms with Crippen LogP contribution in [0, 0.1) is 0 Å². The first-order valence-corrected chi connectivity index (χ1v) is 16.6. The lowest BCUT2D eigenvalue weighted by atomic mass is 9.86. The van der Waals surface area contributed by atoms with Crippen molar-refractivity contribution in [3.63, 3.8) is 0 Å². The SMILES string of the molecule is COc1cc2c(cc1-c1cncc(C(N)=O)c1)-c1c(c(C(=O)N3CCN(C(=O)OC(C)(C)C)C[C@H]3C(F)(F)F)nn1-c1cc(Cl)cc(Cl)c1)CC2. The third-order valence-corrected chi connectivity index (χ3v) is 9.04. The molecule has 0 spiro atoms. The predicted octanol–water partition coefficient (Wildman–Crippen LogP) is 6.74. The molecule has 1 aliphatic carbocycles. The van der Waals surface area contributed by atoms with E-state index in [1.807, 2.05) is 6.07 Å². The van der Waals surface area contributed by atoms with E-state index in [1.54, 1.807) is 45.0 Å². The van der Waals surface area contributed by atoms with E-state index in [9.17, 15) is 27.6 Å². The van der Waals surface area contributed by atoms with E-state index in [-0.39, 0.29) is 34.3 Å². The Balaban J connectivity index is 1.50.